The first-order chi connectivity index (χ1) is 8.84. The number of carboxylic acids is 1. The van der Waals surface area contributed by atoms with Crippen molar-refractivity contribution in [3.63, 3.8) is 0 Å². The summed E-state index contributed by atoms with van der Waals surface area (Å²) < 4.78 is 32.1. The summed E-state index contributed by atoms with van der Waals surface area (Å²) in [5.41, 5.74) is 0. The summed E-state index contributed by atoms with van der Waals surface area (Å²) >= 11 is 0. The molecule has 1 fully saturated rings. The Kier molecular flexibility index (Phi) is 5.70. The van der Waals surface area contributed by atoms with Crippen LogP contribution in [0, 0.1) is 0 Å². The molecule has 1 rings (SSSR count). The van der Waals surface area contributed by atoms with Crippen LogP contribution in [-0.4, -0.2) is 44.2 Å². The fourth-order valence-corrected chi connectivity index (χ4v) is 2.71. The second-order valence-electron chi connectivity index (χ2n) is 4.25. The highest BCUT2D eigenvalue weighted by molar-refractivity contribution is 7.87. The third-order valence-corrected chi connectivity index (χ3v) is 3.68. The van der Waals surface area contributed by atoms with Crippen LogP contribution < -0.4 is 9.44 Å². The van der Waals surface area contributed by atoms with E-state index in [2.05, 4.69) is 9.46 Å². The van der Waals surface area contributed by atoms with Crippen LogP contribution in [0.15, 0.2) is 0 Å². The SMILES string of the molecule is CCOC(=O)CC[C@H](NS(=O)(=O)NC1CC1)C(=O)O. The molecule has 0 unspecified atom stereocenters. The average molecular weight is 294 g/mol. The second kappa shape index (κ2) is 6.83. The summed E-state index contributed by atoms with van der Waals surface area (Å²) in [5, 5.41) is 8.92. The molecule has 8 nitrogen and oxygen atoms in total. The standard InChI is InChI=1S/C10H18N2O6S/c1-2-18-9(13)6-5-8(10(14)15)12-19(16,17)11-7-3-4-7/h7-8,11-12H,2-6H2,1H3,(H,14,15)/t8-/m0/s1. The van der Waals surface area contributed by atoms with Gasteiger partial charge in [-0.2, -0.15) is 17.9 Å². The molecular formula is C10H18N2O6S. The molecule has 9 heteroatoms. The quantitative estimate of drug-likeness (QED) is 0.487. The Morgan fingerprint density at radius 2 is 2.05 bits per heavy atom. The molecule has 3 N–H and O–H groups in total. The maximum absolute atomic E-state index is 11.6. The van der Waals surface area contributed by atoms with E-state index in [0.717, 1.165) is 12.8 Å². The van der Waals surface area contributed by atoms with E-state index in [-0.39, 0.29) is 25.5 Å². The molecule has 0 aromatic heterocycles. The molecule has 0 spiro atoms. The van der Waals surface area contributed by atoms with Gasteiger partial charge in [-0.05, 0) is 26.2 Å². The van der Waals surface area contributed by atoms with Gasteiger partial charge < -0.3 is 9.84 Å². The number of hydrogen-bond donors (Lipinski definition) is 3. The molecule has 0 saturated heterocycles. The van der Waals surface area contributed by atoms with E-state index in [1.54, 1.807) is 6.92 Å². The fraction of sp³-hybridized carbons (Fsp3) is 0.800. The van der Waals surface area contributed by atoms with Gasteiger partial charge in [0.1, 0.15) is 6.04 Å². The summed E-state index contributed by atoms with van der Waals surface area (Å²) in [7, 11) is -3.86. The highest BCUT2D eigenvalue weighted by Gasteiger charge is 2.30. The highest BCUT2D eigenvalue weighted by atomic mass is 32.2. The van der Waals surface area contributed by atoms with Crippen molar-refractivity contribution >= 4 is 22.1 Å². The molecule has 1 atom stereocenters. The Balaban J connectivity index is 2.47. The summed E-state index contributed by atoms with van der Waals surface area (Å²) in [6.45, 7) is 1.83. The van der Waals surface area contributed by atoms with Gasteiger partial charge in [0.05, 0.1) is 6.61 Å². The van der Waals surface area contributed by atoms with Crippen molar-refractivity contribution in [2.45, 2.75) is 44.7 Å². The molecule has 110 valence electrons. The van der Waals surface area contributed by atoms with Crippen LogP contribution in [0.25, 0.3) is 0 Å². The minimum atomic E-state index is -3.86. The molecule has 1 saturated carbocycles. The lowest BCUT2D eigenvalue weighted by molar-refractivity contribution is -0.144. The molecule has 0 aromatic carbocycles. The predicted molar refractivity (Wildman–Crippen MR) is 65.5 cm³/mol. The number of carbonyl (C=O) groups excluding carboxylic acids is 1. The zero-order valence-corrected chi connectivity index (χ0v) is 11.4. The number of ether oxygens (including phenoxy) is 1. The molecule has 0 aliphatic heterocycles. The number of aliphatic carboxylic acids is 1. The Bertz CT molecular complexity index is 431. The van der Waals surface area contributed by atoms with Crippen LogP contribution >= 0.6 is 0 Å². The number of esters is 1. The van der Waals surface area contributed by atoms with E-state index < -0.39 is 28.2 Å². The van der Waals surface area contributed by atoms with E-state index in [9.17, 15) is 18.0 Å². The highest BCUT2D eigenvalue weighted by Crippen LogP contribution is 2.19. The van der Waals surface area contributed by atoms with Crippen LogP contribution in [0.4, 0.5) is 0 Å². The van der Waals surface area contributed by atoms with Gasteiger partial charge in [0, 0.05) is 12.5 Å². The van der Waals surface area contributed by atoms with Crippen LogP contribution in [-0.2, 0) is 24.5 Å². The van der Waals surface area contributed by atoms with Crippen molar-refractivity contribution in [1.82, 2.24) is 9.44 Å². The number of hydrogen-bond acceptors (Lipinski definition) is 5. The number of nitrogens with one attached hydrogen (secondary N) is 2. The Hall–Kier alpha value is -1.19. The number of carbonyl (C=O) groups is 2. The monoisotopic (exact) mass is 294 g/mol. The van der Waals surface area contributed by atoms with E-state index in [1.807, 2.05) is 4.72 Å². The molecule has 1 aliphatic carbocycles. The Morgan fingerprint density at radius 3 is 2.53 bits per heavy atom. The first-order valence-electron chi connectivity index (χ1n) is 6.02. The molecule has 0 heterocycles. The lowest BCUT2D eigenvalue weighted by Gasteiger charge is -2.14. The first kappa shape index (κ1) is 15.9. The van der Waals surface area contributed by atoms with E-state index in [1.165, 1.54) is 0 Å². The Labute approximate surface area is 111 Å². The lowest BCUT2D eigenvalue weighted by Crippen LogP contribution is -2.47. The van der Waals surface area contributed by atoms with Crippen LogP contribution in [0.2, 0.25) is 0 Å². The van der Waals surface area contributed by atoms with Gasteiger partial charge in [0.2, 0.25) is 0 Å². The largest absolute Gasteiger partial charge is 0.480 e. The summed E-state index contributed by atoms with van der Waals surface area (Å²) in [5.74, 6) is -1.88. The van der Waals surface area contributed by atoms with Crippen molar-refractivity contribution < 1.29 is 27.9 Å². The molecule has 0 bridgehead atoms. The molecular weight excluding hydrogens is 276 g/mol. The van der Waals surface area contributed by atoms with Crippen LogP contribution in [0.1, 0.15) is 32.6 Å². The van der Waals surface area contributed by atoms with Gasteiger partial charge in [-0.25, -0.2) is 0 Å². The summed E-state index contributed by atoms with van der Waals surface area (Å²) in [6.07, 6.45) is 1.19. The minimum Gasteiger partial charge on any atom is -0.480 e. The summed E-state index contributed by atoms with van der Waals surface area (Å²) in [4.78, 5) is 22.1. The molecule has 0 radical (unpaired) electrons. The third-order valence-electron chi connectivity index (χ3n) is 2.44. The van der Waals surface area contributed by atoms with Gasteiger partial charge in [0.25, 0.3) is 10.2 Å². The predicted octanol–water partition coefficient (Wildman–Crippen LogP) is -0.631. The fourth-order valence-electron chi connectivity index (χ4n) is 1.37. The van der Waals surface area contributed by atoms with Gasteiger partial charge in [-0.15, -0.1) is 0 Å². The van der Waals surface area contributed by atoms with Gasteiger partial charge in [-0.3, -0.25) is 9.59 Å². The number of rotatable bonds is 9. The van der Waals surface area contributed by atoms with Gasteiger partial charge >= 0.3 is 11.9 Å². The lowest BCUT2D eigenvalue weighted by atomic mass is 10.2. The van der Waals surface area contributed by atoms with Crippen molar-refractivity contribution in [2.75, 3.05) is 6.61 Å². The third kappa shape index (κ3) is 6.50. The maximum atomic E-state index is 11.6. The van der Waals surface area contributed by atoms with Crippen LogP contribution in [0.5, 0.6) is 0 Å². The van der Waals surface area contributed by atoms with E-state index in [0.29, 0.717) is 0 Å². The zero-order chi connectivity index (χ0) is 14.5. The molecule has 0 amide bonds. The van der Waals surface area contributed by atoms with Gasteiger partial charge in [-0.1, -0.05) is 0 Å². The molecule has 1 aliphatic rings. The smallest absolute Gasteiger partial charge is 0.321 e. The van der Waals surface area contributed by atoms with E-state index in [4.69, 9.17) is 5.11 Å². The zero-order valence-electron chi connectivity index (χ0n) is 10.6. The summed E-state index contributed by atoms with van der Waals surface area (Å²) in [6, 6.07) is -1.46. The normalized spacial score (nSPS) is 16.9. The van der Waals surface area contributed by atoms with Gasteiger partial charge in [0.15, 0.2) is 0 Å². The van der Waals surface area contributed by atoms with Crippen molar-refractivity contribution in [3.8, 4) is 0 Å². The van der Waals surface area contributed by atoms with Crippen LogP contribution in [0.3, 0.4) is 0 Å². The minimum absolute atomic E-state index is 0.114. The molecule has 19 heavy (non-hydrogen) atoms. The van der Waals surface area contributed by atoms with Crippen molar-refractivity contribution in [2.24, 2.45) is 0 Å². The van der Waals surface area contributed by atoms with Crippen molar-refractivity contribution in [3.05, 3.63) is 0 Å². The Morgan fingerprint density at radius 1 is 1.42 bits per heavy atom. The maximum Gasteiger partial charge on any atom is 0.321 e. The second-order valence-corrected chi connectivity index (χ2v) is 5.73. The number of carboxylic acid groups (broad SMARTS) is 1. The topological polar surface area (TPSA) is 122 Å². The van der Waals surface area contributed by atoms with Crippen molar-refractivity contribution in [1.29, 1.82) is 0 Å². The molecule has 0 aromatic rings. The average Bonchev–Trinajstić information content (AvgIpc) is 3.07. The first-order valence-corrected chi connectivity index (χ1v) is 7.50. The van der Waals surface area contributed by atoms with E-state index >= 15 is 0 Å².